The normalized spacial score (nSPS) is 11.5. The van der Waals surface area contributed by atoms with E-state index in [2.05, 4.69) is 4.98 Å². The van der Waals surface area contributed by atoms with Crippen molar-refractivity contribution in [3.8, 4) is 0 Å². The highest BCUT2D eigenvalue weighted by molar-refractivity contribution is 7.91. The number of nitrogens with two attached hydrogens (primary N) is 2. The Balaban J connectivity index is 2.69. The number of sulfone groups is 1. The number of hydrogen-bond acceptors (Lipinski definition) is 5. The minimum absolute atomic E-state index is 0.0552. The van der Waals surface area contributed by atoms with Crippen molar-refractivity contribution in [3.63, 3.8) is 0 Å². The van der Waals surface area contributed by atoms with E-state index in [-0.39, 0.29) is 31.5 Å². The van der Waals surface area contributed by atoms with Gasteiger partial charge in [-0.15, -0.1) is 0 Å². The summed E-state index contributed by atoms with van der Waals surface area (Å²) in [6, 6.07) is 6.96. The fourth-order valence-corrected chi connectivity index (χ4v) is 3.59. The van der Waals surface area contributed by atoms with Crippen LogP contribution in [-0.4, -0.2) is 13.4 Å². The molecule has 0 atom stereocenters. The van der Waals surface area contributed by atoms with Crippen LogP contribution in [0.2, 0.25) is 10.0 Å². The lowest BCUT2D eigenvalue weighted by atomic mass is 10.4. The molecule has 19 heavy (non-hydrogen) atoms. The van der Waals surface area contributed by atoms with Crippen LogP contribution in [0, 0.1) is 0 Å². The lowest BCUT2D eigenvalue weighted by molar-refractivity contribution is 0.596. The summed E-state index contributed by atoms with van der Waals surface area (Å²) in [7, 11) is -3.90. The van der Waals surface area contributed by atoms with Crippen LogP contribution in [0.4, 0.5) is 11.6 Å². The van der Waals surface area contributed by atoms with Gasteiger partial charge in [-0.3, -0.25) is 0 Å². The Hall–Kier alpha value is -1.50. The van der Waals surface area contributed by atoms with E-state index in [0.717, 1.165) is 0 Å². The molecule has 2 aromatic rings. The van der Waals surface area contributed by atoms with Crippen molar-refractivity contribution < 1.29 is 8.42 Å². The van der Waals surface area contributed by atoms with Crippen molar-refractivity contribution in [2.45, 2.75) is 9.79 Å². The molecular weight excluding hydrogens is 309 g/mol. The number of nitrogens with zero attached hydrogens (tertiary/aromatic N) is 1. The maximum absolute atomic E-state index is 12.4. The first-order chi connectivity index (χ1) is 8.84. The van der Waals surface area contributed by atoms with E-state index in [9.17, 15) is 8.42 Å². The smallest absolute Gasteiger partial charge is 0.211 e. The van der Waals surface area contributed by atoms with Crippen LogP contribution in [0.3, 0.4) is 0 Å². The average molecular weight is 318 g/mol. The molecule has 2 rings (SSSR count). The van der Waals surface area contributed by atoms with E-state index >= 15 is 0 Å². The molecule has 1 aromatic heterocycles. The van der Waals surface area contributed by atoms with Gasteiger partial charge in [0.1, 0.15) is 16.5 Å². The molecule has 0 aliphatic rings. The first-order valence-electron chi connectivity index (χ1n) is 5.05. The van der Waals surface area contributed by atoms with Crippen LogP contribution in [0.15, 0.2) is 40.1 Å². The van der Waals surface area contributed by atoms with Crippen LogP contribution in [0.1, 0.15) is 0 Å². The van der Waals surface area contributed by atoms with Crippen molar-refractivity contribution in [3.05, 3.63) is 40.4 Å². The predicted molar refractivity (Wildman–Crippen MR) is 75.0 cm³/mol. The number of pyridine rings is 1. The molecule has 0 bridgehead atoms. The third kappa shape index (κ3) is 2.47. The van der Waals surface area contributed by atoms with Gasteiger partial charge in [-0.25, -0.2) is 13.4 Å². The molecule has 0 radical (unpaired) electrons. The van der Waals surface area contributed by atoms with Crippen LogP contribution >= 0.6 is 23.2 Å². The topological polar surface area (TPSA) is 99.1 Å². The predicted octanol–water partition coefficient (Wildman–Crippen LogP) is 2.39. The van der Waals surface area contributed by atoms with Gasteiger partial charge in [-0.05, 0) is 24.3 Å². The van der Waals surface area contributed by atoms with Crippen LogP contribution in [-0.2, 0) is 9.84 Å². The van der Waals surface area contributed by atoms with Crippen LogP contribution in [0.25, 0.3) is 0 Å². The molecule has 8 heteroatoms. The van der Waals surface area contributed by atoms with Gasteiger partial charge < -0.3 is 11.5 Å². The third-order valence-electron chi connectivity index (χ3n) is 2.40. The second kappa shape index (κ2) is 4.88. The van der Waals surface area contributed by atoms with Crippen molar-refractivity contribution >= 4 is 44.7 Å². The average Bonchev–Trinajstić information content (AvgIpc) is 2.31. The van der Waals surface area contributed by atoms with Crippen LogP contribution < -0.4 is 11.5 Å². The maximum atomic E-state index is 12.4. The zero-order chi connectivity index (χ0) is 14.2. The number of hydrogen-bond donors (Lipinski definition) is 2. The van der Waals surface area contributed by atoms with Crippen molar-refractivity contribution in [1.82, 2.24) is 4.98 Å². The zero-order valence-corrected chi connectivity index (χ0v) is 11.8. The van der Waals surface area contributed by atoms with E-state index in [0.29, 0.717) is 0 Å². The van der Waals surface area contributed by atoms with Gasteiger partial charge in [0.05, 0.1) is 14.9 Å². The summed E-state index contributed by atoms with van der Waals surface area (Å²) >= 11 is 11.7. The molecule has 0 aliphatic heterocycles. The number of benzene rings is 1. The minimum atomic E-state index is -3.90. The van der Waals surface area contributed by atoms with E-state index in [1.165, 1.54) is 30.3 Å². The first kappa shape index (κ1) is 13.9. The summed E-state index contributed by atoms with van der Waals surface area (Å²) in [5.74, 6) is -0.0512. The molecule has 0 amide bonds. The zero-order valence-electron chi connectivity index (χ0n) is 9.47. The lowest BCUT2D eigenvalue weighted by Crippen LogP contribution is -2.08. The fraction of sp³-hybridized carbons (Fsp3) is 0. The van der Waals surface area contributed by atoms with Gasteiger partial charge in [-0.1, -0.05) is 29.3 Å². The molecule has 0 unspecified atom stereocenters. The number of halogens is 2. The Bertz CT molecular complexity index is 748. The van der Waals surface area contributed by atoms with E-state index in [1.54, 1.807) is 0 Å². The summed E-state index contributed by atoms with van der Waals surface area (Å²) < 4.78 is 24.9. The highest BCUT2D eigenvalue weighted by atomic mass is 35.5. The second-order valence-corrected chi connectivity index (χ2v) is 6.35. The Kier molecular flexibility index (Phi) is 3.58. The Morgan fingerprint density at radius 3 is 2.32 bits per heavy atom. The number of nitrogen functional groups attached to an aromatic ring is 2. The summed E-state index contributed by atoms with van der Waals surface area (Å²) in [6.45, 7) is 0. The molecule has 0 aliphatic carbocycles. The molecular formula is C11H9Cl2N3O2S. The van der Waals surface area contributed by atoms with Gasteiger partial charge in [0.2, 0.25) is 9.84 Å². The molecule has 0 saturated heterocycles. The molecule has 0 fully saturated rings. The number of anilines is 2. The molecule has 4 N–H and O–H groups in total. The van der Waals surface area contributed by atoms with Gasteiger partial charge in [-0.2, -0.15) is 0 Å². The molecule has 0 spiro atoms. The SMILES string of the molecule is Nc1ccc(S(=O)(=O)c2cccc(Cl)c2Cl)c(N)n1. The number of aromatic nitrogens is 1. The molecule has 1 heterocycles. The van der Waals surface area contributed by atoms with Gasteiger partial charge in [0.25, 0.3) is 0 Å². The van der Waals surface area contributed by atoms with E-state index in [4.69, 9.17) is 34.7 Å². The largest absolute Gasteiger partial charge is 0.384 e. The Morgan fingerprint density at radius 2 is 1.68 bits per heavy atom. The number of rotatable bonds is 2. The minimum Gasteiger partial charge on any atom is -0.384 e. The van der Waals surface area contributed by atoms with Crippen molar-refractivity contribution in [1.29, 1.82) is 0 Å². The Morgan fingerprint density at radius 1 is 1.00 bits per heavy atom. The molecule has 5 nitrogen and oxygen atoms in total. The summed E-state index contributed by atoms with van der Waals surface area (Å²) in [4.78, 5) is 3.43. The lowest BCUT2D eigenvalue weighted by Gasteiger charge is -2.09. The van der Waals surface area contributed by atoms with Gasteiger partial charge in [0.15, 0.2) is 0 Å². The van der Waals surface area contributed by atoms with E-state index < -0.39 is 9.84 Å². The highest BCUT2D eigenvalue weighted by Crippen LogP contribution is 2.34. The van der Waals surface area contributed by atoms with Gasteiger partial charge >= 0.3 is 0 Å². The monoisotopic (exact) mass is 317 g/mol. The highest BCUT2D eigenvalue weighted by Gasteiger charge is 2.25. The standard InChI is InChI=1S/C11H9Cl2N3O2S/c12-6-2-1-3-7(10(6)13)19(17,18)8-4-5-9(14)16-11(8)15/h1-5H,(H4,14,15,16). The molecule has 100 valence electrons. The van der Waals surface area contributed by atoms with E-state index in [1.807, 2.05) is 0 Å². The molecule has 0 saturated carbocycles. The van der Waals surface area contributed by atoms with Crippen molar-refractivity contribution in [2.24, 2.45) is 0 Å². The molecule has 1 aromatic carbocycles. The first-order valence-corrected chi connectivity index (χ1v) is 7.29. The van der Waals surface area contributed by atoms with Crippen molar-refractivity contribution in [2.75, 3.05) is 11.5 Å². The third-order valence-corrected chi connectivity index (χ3v) is 5.18. The fourth-order valence-electron chi connectivity index (χ4n) is 1.52. The maximum Gasteiger partial charge on any atom is 0.211 e. The second-order valence-electron chi connectivity index (χ2n) is 3.67. The quantitative estimate of drug-likeness (QED) is 0.885. The van der Waals surface area contributed by atoms with Gasteiger partial charge in [0, 0.05) is 0 Å². The summed E-state index contributed by atoms with van der Waals surface area (Å²) in [5.41, 5.74) is 11.0. The van der Waals surface area contributed by atoms with Crippen LogP contribution in [0.5, 0.6) is 0 Å². The summed E-state index contributed by atoms with van der Waals surface area (Å²) in [6.07, 6.45) is 0. The Labute approximate surface area is 120 Å². The summed E-state index contributed by atoms with van der Waals surface area (Å²) in [5, 5.41) is 0.0881.